The van der Waals surface area contributed by atoms with Crippen molar-refractivity contribution in [2.75, 3.05) is 6.61 Å². The zero-order chi connectivity index (χ0) is 22.1. The van der Waals surface area contributed by atoms with Crippen LogP contribution in [-0.4, -0.2) is 35.6 Å². The maximum Gasteiger partial charge on any atom is 0.426 e. The van der Waals surface area contributed by atoms with Crippen LogP contribution in [0.4, 0.5) is 26.3 Å². The predicted octanol–water partition coefficient (Wildman–Crippen LogP) is 5.65. The normalized spacial score (nSPS) is 15.0. The van der Waals surface area contributed by atoms with Gasteiger partial charge >= 0.3 is 18.3 Å². The van der Waals surface area contributed by atoms with Crippen LogP contribution in [-0.2, 0) is 9.53 Å². The number of hydrogen-bond donors (Lipinski definition) is 1. The van der Waals surface area contributed by atoms with Gasteiger partial charge in [0, 0.05) is 0 Å². The van der Waals surface area contributed by atoms with Gasteiger partial charge in [-0.3, -0.25) is 4.79 Å². The average molecular weight is 408 g/mol. The maximum atomic E-state index is 12.7. The Kier molecular flexibility index (Phi) is 7.51. The Balaban J connectivity index is 4.90. The molecule has 162 valence electrons. The molecule has 0 spiro atoms. The second kappa shape index (κ2) is 7.79. The van der Waals surface area contributed by atoms with Crippen molar-refractivity contribution in [3.63, 3.8) is 0 Å². The van der Waals surface area contributed by atoms with E-state index in [0.29, 0.717) is 0 Å². The number of carbonyl (C=O) groups is 1. The number of hydrogen-bond acceptors (Lipinski definition) is 3. The summed E-state index contributed by atoms with van der Waals surface area (Å²) in [7, 11) is 0. The molecule has 0 heterocycles. The molecule has 27 heavy (non-hydrogen) atoms. The van der Waals surface area contributed by atoms with Gasteiger partial charge in [-0.1, -0.05) is 34.6 Å². The van der Waals surface area contributed by atoms with Crippen molar-refractivity contribution >= 4 is 5.97 Å². The van der Waals surface area contributed by atoms with E-state index in [2.05, 4.69) is 0 Å². The van der Waals surface area contributed by atoms with Gasteiger partial charge in [-0.05, 0) is 43.9 Å². The van der Waals surface area contributed by atoms with Gasteiger partial charge in [0.15, 0.2) is 0 Å². The fraction of sp³-hybridized carbons (Fsp3) is 0.944. The van der Waals surface area contributed by atoms with E-state index >= 15 is 0 Å². The molecule has 3 nitrogen and oxygen atoms in total. The molecule has 0 amide bonds. The Labute approximate surface area is 156 Å². The zero-order valence-electron chi connectivity index (χ0n) is 16.9. The minimum atomic E-state index is -5.82. The molecule has 0 radical (unpaired) electrons. The topological polar surface area (TPSA) is 46.5 Å². The predicted molar refractivity (Wildman–Crippen MR) is 88.9 cm³/mol. The SMILES string of the molecule is CC(C)(CCCC(O)(C(F)(F)F)C(F)(F)F)COC(=O)C(C)(C)C(C)(C)C. The second-order valence-electron chi connectivity index (χ2n) is 9.32. The number of alkyl halides is 6. The molecule has 0 aromatic heterocycles. The number of halogens is 6. The van der Waals surface area contributed by atoms with Crippen LogP contribution in [0.1, 0.15) is 67.7 Å². The first-order chi connectivity index (χ1) is 11.6. The van der Waals surface area contributed by atoms with Gasteiger partial charge in [-0.25, -0.2) is 0 Å². The number of rotatable bonds is 7. The first kappa shape index (κ1) is 26.0. The van der Waals surface area contributed by atoms with Crippen LogP contribution in [0.2, 0.25) is 0 Å². The maximum absolute atomic E-state index is 12.7. The summed E-state index contributed by atoms with van der Waals surface area (Å²) in [5.41, 5.74) is -6.82. The molecule has 0 fully saturated rings. The number of aliphatic hydroxyl groups is 1. The van der Waals surface area contributed by atoms with Gasteiger partial charge in [-0.2, -0.15) is 26.3 Å². The molecular formula is C18H30F6O3. The van der Waals surface area contributed by atoms with Gasteiger partial charge in [0.1, 0.15) is 0 Å². The van der Waals surface area contributed by atoms with Gasteiger partial charge in [-0.15, -0.1) is 0 Å². The molecule has 0 unspecified atom stereocenters. The highest BCUT2D eigenvalue weighted by molar-refractivity contribution is 5.76. The summed E-state index contributed by atoms with van der Waals surface area (Å²) in [5, 5.41) is 9.16. The molecule has 1 N–H and O–H groups in total. The second-order valence-corrected chi connectivity index (χ2v) is 9.32. The highest BCUT2D eigenvalue weighted by Crippen LogP contribution is 2.46. The highest BCUT2D eigenvalue weighted by Gasteiger charge is 2.69. The van der Waals surface area contributed by atoms with E-state index in [-0.39, 0.29) is 13.0 Å². The van der Waals surface area contributed by atoms with Crippen LogP contribution in [0.15, 0.2) is 0 Å². The van der Waals surface area contributed by atoms with E-state index in [0.717, 1.165) is 0 Å². The lowest BCUT2D eigenvalue weighted by Gasteiger charge is -2.37. The summed E-state index contributed by atoms with van der Waals surface area (Å²) in [6.07, 6.45) is -13.8. The van der Waals surface area contributed by atoms with E-state index in [1.54, 1.807) is 27.7 Å². The van der Waals surface area contributed by atoms with E-state index in [1.807, 2.05) is 20.8 Å². The fourth-order valence-corrected chi connectivity index (χ4v) is 2.09. The largest absolute Gasteiger partial charge is 0.465 e. The molecule has 0 aromatic rings. The summed E-state index contributed by atoms with van der Waals surface area (Å²) in [6.45, 7) is 12.0. The lowest BCUT2D eigenvalue weighted by Crippen LogP contribution is -2.56. The molecule has 0 saturated carbocycles. The van der Waals surface area contributed by atoms with Crippen LogP contribution < -0.4 is 0 Å². The molecular weight excluding hydrogens is 378 g/mol. The molecule has 0 bridgehead atoms. The molecule has 0 saturated heterocycles. The van der Waals surface area contributed by atoms with Crippen molar-refractivity contribution in [3.05, 3.63) is 0 Å². The van der Waals surface area contributed by atoms with E-state index in [1.165, 1.54) is 0 Å². The number of carbonyl (C=O) groups excluding carboxylic acids is 1. The molecule has 0 rings (SSSR count). The summed E-state index contributed by atoms with van der Waals surface area (Å²) in [6, 6.07) is 0. The Morgan fingerprint density at radius 1 is 0.815 bits per heavy atom. The van der Waals surface area contributed by atoms with Crippen LogP contribution in [0, 0.1) is 16.2 Å². The van der Waals surface area contributed by atoms with E-state index in [4.69, 9.17) is 9.84 Å². The molecule has 9 heteroatoms. The third-order valence-corrected chi connectivity index (χ3v) is 5.31. The first-order valence-electron chi connectivity index (χ1n) is 8.62. The zero-order valence-corrected chi connectivity index (χ0v) is 16.9. The molecule has 0 aliphatic carbocycles. The van der Waals surface area contributed by atoms with Gasteiger partial charge in [0.05, 0.1) is 12.0 Å². The average Bonchev–Trinajstić information content (AvgIpc) is 2.40. The summed E-state index contributed by atoms with van der Waals surface area (Å²) < 4.78 is 81.3. The van der Waals surface area contributed by atoms with Gasteiger partial charge in [0.2, 0.25) is 0 Å². The lowest BCUT2D eigenvalue weighted by molar-refractivity contribution is -0.370. The first-order valence-corrected chi connectivity index (χ1v) is 8.62. The van der Waals surface area contributed by atoms with E-state index in [9.17, 15) is 31.1 Å². The Morgan fingerprint density at radius 3 is 1.56 bits per heavy atom. The molecule has 0 atom stereocenters. The third-order valence-electron chi connectivity index (χ3n) is 5.31. The Morgan fingerprint density at radius 2 is 1.22 bits per heavy atom. The Bertz CT molecular complexity index is 499. The number of esters is 1. The van der Waals surface area contributed by atoms with Crippen LogP contribution in [0.25, 0.3) is 0 Å². The summed E-state index contributed by atoms with van der Waals surface area (Å²) in [4.78, 5) is 12.3. The van der Waals surface area contributed by atoms with Crippen molar-refractivity contribution in [3.8, 4) is 0 Å². The van der Waals surface area contributed by atoms with Crippen LogP contribution >= 0.6 is 0 Å². The Hall–Kier alpha value is -0.990. The van der Waals surface area contributed by atoms with Crippen LogP contribution in [0.3, 0.4) is 0 Å². The monoisotopic (exact) mass is 408 g/mol. The van der Waals surface area contributed by atoms with E-state index < -0.39 is 53.0 Å². The summed E-state index contributed by atoms with van der Waals surface area (Å²) in [5.74, 6) is -0.495. The van der Waals surface area contributed by atoms with Gasteiger partial charge in [0.25, 0.3) is 5.60 Å². The summed E-state index contributed by atoms with van der Waals surface area (Å²) >= 11 is 0. The van der Waals surface area contributed by atoms with Gasteiger partial charge < -0.3 is 9.84 Å². The van der Waals surface area contributed by atoms with Crippen molar-refractivity contribution in [2.24, 2.45) is 16.2 Å². The van der Waals surface area contributed by atoms with Crippen molar-refractivity contribution in [1.29, 1.82) is 0 Å². The molecule has 0 aliphatic heterocycles. The molecule has 0 aliphatic rings. The van der Waals surface area contributed by atoms with Crippen LogP contribution in [0.5, 0.6) is 0 Å². The smallest absolute Gasteiger partial charge is 0.426 e. The van der Waals surface area contributed by atoms with Crippen molar-refractivity contribution in [2.45, 2.75) is 85.7 Å². The molecule has 0 aromatic carbocycles. The highest BCUT2D eigenvalue weighted by atomic mass is 19.4. The minimum absolute atomic E-state index is 0.0926. The third kappa shape index (κ3) is 6.26. The standard InChI is InChI=1S/C18H30F6O3/c1-13(2,3)15(6,7)12(25)27-11-14(4,5)9-8-10-16(26,17(19,20)21)18(22,23)24/h26H,8-11H2,1-7H3. The lowest BCUT2D eigenvalue weighted by atomic mass is 9.69. The fourth-order valence-electron chi connectivity index (χ4n) is 2.09. The van der Waals surface area contributed by atoms with Crippen molar-refractivity contribution < 1.29 is 41.0 Å². The quantitative estimate of drug-likeness (QED) is 0.437. The van der Waals surface area contributed by atoms with Crippen molar-refractivity contribution in [1.82, 2.24) is 0 Å². The number of ether oxygens (including phenoxy) is 1. The minimum Gasteiger partial charge on any atom is -0.465 e.